The number of rotatable bonds is 3. The van der Waals surface area contributed by atoms with Crippen LogP contribution in [0.15, 0.2) is 24.3 Å². The fourth-order valence-corrected chi connectivity index (χ4v) is 4.28. The average molecular weight is 304 g/mol. The number of nitrogens with one attached hydrogen (secondary N) is 1. The van der Waals surface area contributed by atoms with E-state index in [0.29, 0.717) is 10.7 Å². The van der Waals surface area contributed by atoms with Crippen molar-refractivity contribution in [2.45, 2.75) is 12.0 Å². The molecule has 1 aromatic rings. The molecule has 1 aromatic carbocycles. The van der Waals surface area contributed by atoms with E-state index in [9.17, 15) is 13.2 Å². The quantitative estimate of drug-likeness (QED) is 0.856. The van der Waals surface area contributed by atoms with Crippen LogP contribution in [0.4, 0.5) is 5.69 Å². The van der Waals surface area contributed by atoms with E-state index in [2.05, 4.69) is 5.32 Å². The van der Waals surface area contributed by atoms with E-state index in [-0.39, 0.29) is 17.9 Å². The molecule has 19 heavy (non-hydrogen) atoms. The van der Waals surface area contributed by atoms with E-state index in [1.165, 1.54) is 7.11 Å². The number of hydrogen-bond acceptors (Lipinski definition) is 5. The fourth-order valence-electron chi connectivity index (χ4n) is 2.20. The molecule has 0 aromatic heterocycles. The van der Waals surface area contributed by atoms with Crippen molar-refractivity contribution in [1.29, 1.82) is 0 Å². The van der Waals surface area contributed by atoms with Crippen LogP contribution in [0.2, 0.25) is 5.02 Å². The first-order chi connectivity index (χ1) is 8.87. The lowest BCUT2D eigenvalue weighted by Gasteiger charge is -2.27. The highest BCUT2D eigenvalue weighted by Crippen LogP contribution is 2.30. The lowest BCUT2D eigenvalue weighted by molar-refractivity contribution is -0.145. The van der Waals surface area contributed by atoms with Crippen LogP contribution in [-0.4, -0.2) is 38.5 Å². The molecular formula is C12H14ClNO4S. The highest BCUT2D eigenvalue weighted by molar-refractivity contribution is 7.91. The van der Waals surface area contributed by atoms with Crippen LogP contribution in [0.5, 0.6) is 0 Å². The van der Waals surface area contributed by atoms with Crippen molar-refractivity contribution >= 4 is 33.1 Å². The maximum Gasteiger partial charge on any atom is 0.332 e. The Kier molecular flexibility index (Phi) is 3.73. The second-order valence-corrected chi connectivity index (χ2v) is 7.17. The van der Waals surface area contributed by atoms with E-state index in [1.54, 1.807) is 24.3 Å². The largest absolute Gasteiger partial charge is 0.467 e. The number of anilines is 1. The molecule has 1 aliphatic rings. The summed E-state index contributed by atoms with van der Waals surface area (Å²) >= 11 is 5.87. The standard InChI is InChI=1S/C12H14ClNO4S/c1-18-11(15)12(5-6-19(16,17)8-12)14-10-4-2-3-9(13)7-10/h2-4,7,14H,5-6,8H2,1H3. The van der Waals surface area contributed by atoms with Gasteiger partial charge in [-0.25, -0.2) is 13.2 Å². The third-order valence-corrected chi connectivity index (χ3v) is 5.08. The Labute approximate surface area is 116 Å². The third-order valence-electron chi connectivity index (χ3n) is 3.09. The molecular weight excluding hydrogens is 290 g/mol. The predicted molar refractivity (Wildman–Crippen MR) is 73.1 cm³/mol. The monoisotopic (exact) mass is 303 g/mol. The van der Waals surface area contributed by atoms with E-state index < -0.39 is 21.3 Å². The van der Waals surface area contributed by atoms with Crippen molar-refractivity contribution in [3.05, 3.63) is 29.3 Å². The zero-order chi connectivity index (χ0) is 14.1. The number of carbonyl (C=O) groups is 1. The van der Waals surface area contributed by atoms with E-state index in [1.807, 2.05) is 0 Å². The summed E-state index contributed by atoms with van der Waals surface area (Å²) in [6, 6.07) is 6.78. The molecule has 1 aliphatic heterocycles. The Hall–Kier alpha value is -1.27. The van der Waals surface area contributed by atoms with Gasteiger partial charge in [-0.05, 0) is 24.6 Å². The number of halogens is 1. The molecule has 1 N–H and O–H groups in total. The summed E-state index contributed by atoms with van der Waals surface area (Å²) in [4.78, 5) is 11.9. The van der Waals surface area contributed by atoms with Gasteiger partial charge in [0.15, 0.2) is 15.4 Å². The van der Waals surface area contributed by atoms with Crippen molar-refractivity contribution in [2.24, 2.45) is 0 Å². The number of hydrogen-bond donors (Lipinski definition) is 1. The van der Waals surface area contributed by atoms with Crippen molar-refractivity contribution in [1.82, 2.24) is 0 Å². The van der Waals surface area contributed by atoms with Gasteiger partial charge in [-0.1, -0.05) is 17.7 Å². The minimum absolute atomic E-state index is 0.0321. The zero-order valence-corrected chi connectivity index (χ0v) is 11.9. The second kappa shape index (κ2) is 5.02. The molecule has 7 heteroatoms. The molecule has 2 rings (SSSR count). The number of benzene rings is 1. The zero-order valence-electron chi connectivity index (χ0n) is 10.3. The Bertz CT molecular complexity index is 602. The van der Waals surface area contributed by atoms with E-state index in [0.717, 1.165) is 0 Å². The Morgan fingerprint density at radius 2 is 2.21 bits per heavy atom. The van der Waals surface area contributed by atoms with Gasteiger partial charge in [0.1, 0.15) is 0 Å². The van der Waals surface area contributed by atoms with E-state index >= 15 is 0 Å². The van der Waals surface area contributed by atoms with Gasteiger partial charge in [0.05, 0.1) is 18.6 Å². The fraction of sp³-hybridized carbons (Fsp3) is 0.417. The normalized spacial score (nSPS) is 24.9. The maximum absolute atomic E-state index is 11.9. The van der Waals surface area contributed by atoms with Gasteiger partial charge in [0, 0.05) is 10.7 Å². The summed E-state index contributed by atoms with van der Waals surface area (Å²) in [5, 5.41) is 3.47. The topological polar surface area (TPSA) is 72.5 Å². The van der Waals surface area contributed by atoms with Gasteiger partial charge in [-0.3, -0.25) is 0 Å². The maximum atomic E-state index is 11.9. The van der Waals surface area contributed by atoms with Gasteiger partial charge < -0.3 is 10.1 Å². The van der Waals surface area contributed by atoms with Gasteiger partial charge in [-0.2, -0.15) is 0 Å². The smallest absolute Gasteiger partial charge is 0.332 e. The van der Waals surface area contributed by atoms with Crippen LogP contribution in [0.25, 0.3) is 0 Å². The van der Waals surface area contributed by atoms with Crippen LogP contribution in [0, 0.1) is 0 Å². The average Bonchev–Trinajstić information content (AvgIpc) is 2.65. The van der Waals surface area contributed by atoms with Crippen LogP contribution in [0.3, 0.4) is 0 Å². The highest BCUT2D eigenvalue weighted by Gasteiger charge is 2.49. The molecule has 0 bridgehead atoms. The molecule has 0 amide bonds. The number of methoxy groups -OCH3 is 1. The molecule has 0 saturated carbocycles. The first-order valence-corrected chi connectivity index (χ1v) is 7.89. The van der Waals surface area contributed by atoms with Crippen molar-refractivity contribution in [3.63, 3.8) is 0 Å². The highest BCUT2D eigenvalue weighted by atomic mass is 35.5. The summed E-state index contributed by atoms with van der Waals surface area (Å²) in [6.45, 7) is 0. The number of ether oxygens (including phenoxy) is 1. The molecule has 1 atom stereocenters. The van der Waals surface area contributed by atoms with Crippen molar-refractivity contribution in [3.8, 4) is 0 Å². The van der Waals surface area contributed by atoms with Gasteiger partial charge in [0.25, 0.3) is 0 Å². The number of esters is 1. The van der Waals surface area contributed by atoms with Crippen molar-refractivity contribution in [2.75, 3.05) is 23.9 Å². The predicted octanol–water partition coefficient (Wildman–Crippen LogP) is 1.48. The Morgan fingerprint density at radius 3 is 2.74 bits per heavy atom. The molecule has 0 radical (unpaired) electrons. The summed E-state index contributed by atoms with van der Waals surface area (Å²) in [5.74, 6) is -0.872. The lowest BCUT2D eigenvalue weighted by atomic mass is 9.98. The summed E-state index contributed by atoms with van der Waals surface area (Å²) < 4.78 is 28.0. The van der Waals surface area contributed by atoms with Gasteiger partial charge >= 0.3 is 5.97 Å². The Morgan fingerprint density at radius 1 is 1.47 bits per heavy atom. The number of sulfone groups is 1. The van der Waals surface area contributed by atoms with Crippen LogP contribution >= 0.6 is 11.6 Å². The molecule has 104 valence electrons. The molecule has 0 aliphatic carbocycles. The third kappa shape index (κ3) is 3.01. The molecule has 1 saturated heterocycles. The SMILES string of the molecule is COC(=O)C1(Nc2cccc(Cl)c2)CCS(=O)(=O)C1. The first kappa shape index (κ1) is 14.1. The summed E-state index contributed by atoms with van der Waals surface area (Å²) in [6.07, 6.45) is 0.189. The van der Waals surface area contributed by atoms with Crippen molar-refractivity contribution < 1.29 is 17.9 Å². The van der Waals surface area contributed by atoms with Crippen LogP contribution in [-0.2, 0) is 19.4 Å². The lowest BCUT2D eigenvalue weighted by Crippen LogP contribution is -2.48. The molecule has 1 heterocycles. The summed E-state index contributed by atoms with van der Waals surface area (Å²) in [5.41, 5.74) is -0.631. The minimum atomic E-state index is -3.24. The molecule has 1 unspecified atom stereocenters. The second-order valence-electron chi connectivity index (χ2n) is 4.55. The summed E-state index contributed by atoms with van der Waals surface area (Å²) in [7, 11) is -1.99. The van der Waals surface area contributed by atoms with Crippen LogP contribution in [0.1, 0.15) is 6.42 Å². The molecule has 1 fully saturated rings. The molecule has 0 spiro atoms. The van der Waals surface area contributed by atoms with Gasteiger partial charge in [0.2, 0.25) is 0 Å². The van der Waals surface area contributed by atoms with Crippen LogP contribution < -0.4 is 5.32 Å². The number of carbonyl (C=O) groups excluding carboxylic acids is 1. The van der Waals surface area contributed by atoms with E-state index in [4.69, 9.17) is 16.3 Å². The first-order valence-electron chi connectivity index (χ1n) is 5.69. The Balaban J connectivity index is 2.33. The van der Waals surface area contributed by atoms with Gasteiger partial charge in [-0.15, -0.1) is 0 Å². The minimum Gasteiger partial charge on any atom is -0.467 e. The molecule has 5 nitrogen and oxygen atoms in total.